The molecule has 100 valence electrons. The van der Waals surface area contributed by atoms with E-state index in [-0.39, 0.29) is 18.1 Å². The number of nitrogens with one attached hydrogen (secondary N) is 1. The Kier molecular flexibility index (Phi) is 4.30. The van der Waals surface area contributed by atoms with E-state index in [2.05, 4.69) is 29.4 Å². The number of carbonyl (C=O) groups is 1. The minimum Gasteiger partial charge on any atom is -0.368 e. The fourth-order valence-electron chi connectivity index (χ4n) is 2.00. The van der Waals surface area contributed by atoms with Crippen LogP contribution in [-0.2, 0) is 16.1 Å². The fourth-order valence-corrected chi connectivity index (χ4v) is 2.00. The lowest BCUT2D eigenvalue weighted by Crippen LogP contribution is -2.46. The van der Waals surface area contributed by atoms with Gasteiger partial charge in [0.05, 0.1) is 25.0 Å². The van der Waals surface area contributed by atoms with Crippen LogP contribution in [-0.4, -0.2) is 39.7 Å². The second-order valence-electron chi connectivity index (χ2n) is 4.94. The van der Waals surface area contributed by atoms with E-state index in [1.54, 1.807) is 17.2 Å². The SMILES string of the molecule is CC(C)C(Cn1nccn1)NC(=O)C1CCCO1. The van der Waals surface area contributed by atoms with Crippen LogP contribution in [0.3, 0.4) is 0 Å². The van der Waals surface area contributed by atoms with Crippen LogP contribution in [0.5, 0.6) is 0 Å². The average Bonchev–Trinajstić information content (AvgIpc) is 3.00. The van der Waals surface area contributed by atoms with E-state index in [0.29, 0.717) is 19.1 Å². The van der Waals surface area contributed by atoms with Gasteiger partial charge < -0.3 is 10.1 Å². The lowest BCUT2D eigenvalue weighted by atomic mass is 10.0. The zero-order valence-electron chi connectivity index (χ0n) is 10.9. The minimum atomic E-state index is -0.281. The van der Waals surface area contributed by atoms with Gasteiger partial charge in [0.25, 0.3) is 0 Å². The normalized spacial score (nSPS) is 21.2. The lowest BCUT2D eigenvalue weighted by molar-refractivity contribution is -0.131. The summed E-state index contributed by atoms with van der Waals surface area (Å²) in [6.45, 7) is 5.42. The maximum Gasteiger partial charge on any atom is 0.249 e. The molecule has 1 aliphatic heterocycles. The molecule has 2 atom stereocenters. The van der Waals surface area contributed by atoms with Gasteiger partial charge in [0, 0.05) is 6.61 Å². The Morgan fingerprint density at radius 1 is 1.50 bits per heavy atom. The summed E-state index contributed by atoms with van der Waals surface area (Å²) in [5, 5.41) is 11.2. The van der Waals surface area contributed by atoms with E-state index < -0.39 is 0 Å². The smallest absolute Gasteiger partial charge is 0.249 e. The molecule has 0 aliphatic carbocycles. The highest BCUT2D eigenvalue weighted by molar-refractivity contribution is 5.81. The number of nitrogens with zero attached hydrogens (tertiary/aromatic N) is 3. The first-order chi connectivity index (χ1) is 8.66. The number of amides is 1. The first kappa shape index (κ1) is 13.0. The molecule has 0 bridgehead atoms. The van der Waals surface area contributed by atoms with Crippen molar-refractivity contribution in [3.63, 3.8) is 0 Å². The van der Waals surface area contributed by atoms with Crippen LogP contribution in [0.2, 0.25) is 0 Å². The van der Waals surface area contributed by atoms with Crippen LogP contribution in [0, 0.1) is 5.92 Å². The van der Waals surface area contributed by atoms with Gasteiger partial charge in [-0.2, -0.15) is 15.0 Å². The molecule has 18 heavy (non-hydrogen) atoms. The number of carbonyl (C=O) groups excluding carboxylic acids is 1. The zero-order valence-corrected chi connectivity index (χ0v) is 10.9. The van der Waals surface area contributed by atoms with Crippen LogP contribution in [0.1, 0.15) is 26.7 Å². The van der Waals surface area contributed by atoms with Crippen molar-refractivity contribution in [3.8, 4) is 0 Å². The Labute approximate surface area is 107 Å². The molecule has 2 heterocycles. The number of hydrogen-bond acceptors (Lipinski definition) is 4. The summed E-state index contributed by atoms with van der Waals surface area (Å²) in [7, 11) is 0. The highest BCUT2D eigenvalue weighted by Gasteiger charge is 2.26. The molecule has 1 saturated heterocycles. The maximum atomic E-state index is 12.0. The minimum absolute atomic E-state index is 0.0154. The number of aromatic nitrogens is 3. The molecule has 2 rings (SSSR count). The Bertz CT molecular complexity index is 371. The van der Waals surface area contributed by atoms with Crippen LogP contribution in [0.25, 0.3) is 0 Å². The number of ether oxygens (including phenoxy) is 1. The summed E-state index contributed by atoms with van der Waals surface area (Å²) in [5.74, 6) is 0.305. The van der Waals surface area contributed by atoms with Crippen LogP contribution in [0.15, 0.2) is 12.4 Å². The van der Waals surface area contributed by atoms with Gasteiger partial charge in [-0.1, -0.05) is 13.8 Å². The Morgan fingerprint density at radius 3 is 2.78 bits per heavy atom. The predicted octanol–water partition coefficient (Wildman–Crippen LogP) is 0.598. The molecular formula is C12H20N4O2. The molecule has 1 N–H and O–H groups in total. The highest BCUT2D eigenvalue weighted by Crippen LogP contribution is 2.13. The molecule has 0 saturated carbocycles. The van der Waals surface area contributed by atoms with Crippen LogP contribution >= 0.6 is 0 Å². The Morgan fingerprint density at radius 2 is 2.22 bits per heavy atom. The second-order valence-corrected chi connectivity index (χ2v) is 4.94. The summed E-state index contributed by atoms with van der Waals surface area (Å²) < 4.78 is 5.38. The van der Waals surface area contributed by atoms with Crippen molar-refractivity contribution < 1.29 is 9.53 Å². The summed E-state index contributed by atoms with van der Waals surface area (Å²) in [6, 6.07) is 0.0223. The third-order valence-corrected chi connectivity index (χ3v) is 3.18. The molecule has 6 heteroatoms. The van der Waals surface area contributed by atoms with Crippen molar-refractivity contribution in [1.82, 2.24) is 20.3 Å². The number of rotatable bonds is 5. The average molecular weight is 252 g/mol. The van der Waals surface area contributed by atoms with Crippen molar-refractivity contribution in [2.45, 2.75) is 45.4 Å². The zero-order chi connectivity index (χ0) is 13.0. The number of hydrogen-bond donors (Lipinski definition) is 1. The second kappa shape index (κ2) is 5.95. The lowest BCUT2D eigenvalue weighted by Gasteiger charge is -2.23. The molecular weight excluding hydrogens is 232 g/mol. The van der Waals surface area contributed by atoms with Crippen LogP contribution in [0.4, 0.5) is 0 Å². The molecule has 2 unspecified atom stereocenters. The topological polar surface area (TPSA) is 69.0 Å². The summed E-state index contributed by atoms with van der Waals surface area (Å²) in [6.07, 6.45) is 4.78. The summed E-state index contributed by atoms with van der Waals surface area (Å²) in [5.41, 5.74) is 0. The molecule has 0 aromatic carbocycles. The molecule has 0 radical (unpaired) electrons. The van der Waals surface area contributed by atoms with Gasteiger partial charge in [-0.3, -0.25) is 4.79 Å². The van der Waals surface area contributed by atoms with Crippen molar-refractivity contribution in [2.24, 2.45) is 5.92 Å². The Balaban J connectivity index is 1.91. The quantitative estimate of drug-likeness (QED) is 0.833. The van der Waals surface area contributed by atoms with Crippen molar-refractivity contribution in [2.75, 3.05) is 6.61 Å². The van der Waals surface area contributed by atoms with E-state index in [1.807, 2.05) is 0 Å². The van der Waals surface area contributed by atoms with E-state index in [0.717, 1.165) is 12.8 Å². The van der Waals surface area contributed by atoms with E-state index in [9.17, 15) is 4.79 Å². The molecule has 6 nitrogen and oxygen atoms in total. The largest absolute Gasteiger partial charge is 0.368 e. The van der Waals surface area contributed by atoms with Gasteiger partial charge in [-0.15, -0.1) is 0 Å². The van der Waals surface area contributed by atoms with Gasteiger partial charge in [-0.05, 0) is 18.8 Å². The first-order valence-electron chi connectivity index (χ1n) is 6.43. The van der Waals surface area contributed by atoms with Gasteiger partial charge in [0.2, 0.25) is 5.91 Å². The van der Waals surface area contributed by atoms with Crippen LogP contribution < -0.4 is 5.32 Å². The maximum absolute atomic E-state index is 12.0. The summed E-state index contributed by atoms with van der Waals surface area (Å²) >= 11 is 0. The molecule has 1 aromatic rings. The third kappa shape index (κ3) is 3.29. The van der Waals surface area contributed by atoms with Gasteiger partial charge in [-0.25, -0.2) is 0 Å². The Hall–Kier alpha value is -1.43. The predicted molar refractivity (Wildman–Crippen MR) is 65.8 cm³/mol. The van der Waals surface area contributed by atoms with Crippen molar-refractivity contribution in [1.29, 1.82) is 0 Å². The van der Waals surface area contributed by atoms with E-state index in [4.69, 9.17) is 4.74 Å². The molecule has 0 spiro atoms. The molecule has 1 aromatic heterocycles. The molecule has 1 amide bonds. The van der Waals surface area contributed by atoms with Crippen molar-refractivity contribution >= 4 is 5.91 Å². The standard InChI is InChI=1S/C12H20N4O2/c1-9(2)10(8-16-13-5-6-14-16)15-12(17)11-4-3-7-18-11/h5-6,9-11H,3-4,7-8H2,1-2H3,(H,15,17). The van der Waals surface area contributed by atoms with E-state index >= 15 is 0 Å². The van der Waals surface area contributed by atoms with Gasteiger partial charge in [0.15, 0.2) is 0 Å². The van der Waals surface area contributed by atoms with Gasteiger partial charge in [0.1, 0.15) is 6.10 Å². The summed E-state index contributed by atoms with van der Waals surface area (Å²) in [4.78, 5) is 13.6. The third-order valence-electron chi connectivity index (χ3n) is 3.18. The first-order valence-corrected chi connectivity index (χ1v) is 6.43. The molecule has 1 fully saturated rings. The van der Waals surface area contributed by atoms with E-state index in [1.165, 1.54) is 0 Å². The van der Waals surface area contributed by atoms with Crippen molar-refractivity contribution in [3.05, 3.63) is 12.4 Å². The monoisotopic (exact) mass is 252 g/mol. The molecule has 1 aliphatic rings. The highest BCUT2D eigenvalue weighted by atomic mass is 16.5. The van der Waals surface area contributed by atoms with Gasteiger partial charge >= 0.3 is 0 Å². The fraction of sp³-hybridized carbons (Fsp3) is 0.750.